The quantitative estimate of drug-likeness (QED) is 0.199. The van der Waals surface area contributed by atoms with Crippen LogP contribution in [0.5, 0.6) is 0 Å². The first kappa shape index (κ1) is 24.0. The van der Waals surface area contributed by atoms with Crippen molar-refractivity contribution in [3.8, 4) is 0 Å². The van der Waals surface area contributed by atoms with Crippen LogP contribution in [-0.2, 0) is 11.2 Å². The highest BCUT2D eigenvalue weighted by Crippen LogP contribution is 2.17. The Hall–Kier alpha value is -0.0700. The van der Waals surface area contributed by atoms with Crippen molar-refractivity contribution < 1.29 is 4.79 Å². The molecule has 0 aromatic carbocycles. The third-order valence-electron chi connectivity index (χ3n) is 4.74. The van der Waals surface area contributed by atoms with E-state index < -0.39 is 0 Å². The number of thiol groups is 2. The van der Waals surface area contributed by atoms with Crippen LogP contribution < -0.4 is 0 Å². The number of nitrogens with zero attached hydrogens (tertiary/aromatic N) is 2. The van der Waals surface area contributed by atoms with Crippen molar-refractivity contribution in [1.82, 2.24) is 10.2 Å². The molecule has 1 rings (SSSR count). The summed E-state index contributed by atoms with van der Waals surface area (Å²) in [5, 5.41) is 9.20. The number of carbonyl (C=O) groups is 1. The maximum atomic E-state index is 10.7. The fraction of sp³-hybridized carbons (Fsp3) is 0.850. The number of aryl methyl sites for hydroxylation is 1. The Bertz CT molecular complexity index is 466. The molecular weight excluding hydrogens is 380 g/mol. The van der Waals surface area contributed by atoms with Gasteiger partial charge in [0.1, 0.15) is 5.01 Å². The molecule has 1 aromatic heterocycles. The van der Waals surface area contributed by atoms with Crippen LogP contribution in [0, 0.1) is 0 Å². The van der Waals surface area contributed by atoms with Crippen LogP contribution in [0.25, 0.3) is 0 Å². The molecule has 26 heavy (non-hydrogen) atoms. The smallest absolute Gasteiger partial charge is 0.185 e. The fourth-order valence-corrected chi connectivity index (χ4v) is 4.34. The zero-order valence-electron chi connectivity index (χ0n) is 16.1. The van der Waals surface area contributed by atoms with Gasteiger partial charge in [-0.3, -0.25) is 4.79 Å². The molecule has 0 saturated carbocycles. The summed E-state index contributed by atoms with van der Waals surface area (Å²) in [5.74, 6) is 0. The molecule has 3 nitrogen and oxygen atoms in total. The number of hydrogen-bond donors (Lipinski definition) is 2. The second kappa shape index (κ2) is 17.1. The van der Waals surface area contributed by atoms with Crippen LogP contribution in [0.4, 0.5) is 0 Å². The SMILES string of the molecule is O=C(S)CCCCCCCCCCCCCCCCCc1nnc(S)s1. The second-order valence-corrected chi connectivity index (χ2v) is 9.46. The van der Waals surface area contributed by atoms with E-state index in [0.717, 1.165) is 22.2 Å². The molecule has 1 aromatic rings. The first-order valence-electron chi connectivity index (χ1n) is 10.4. The summed E-state index contributed by atoms with van der Waals surface area (Å²) >= 11 is 9.60. The van der Waals surface area contributed by atoms with E-state index in [1.807, 2.05) is 0 Å². The Labute approximate surface area is 175 Å². The maximum absolute atomic E-state index is 10.7. The van der Waals surface area contributed by atoms with Crippen LogP contribution >= 0.6 is 36.6 Å². The topological polar surface area (TPSA) is 42.9 Å². The molecule has 0 aliphatic rings. The van der Waals surface area contributed by atoms with Crippen molar-refractivity contribution in [3.63, 3.8) is 0 Å². The van der Waals surface area contributed by atoms with Crippen molar-refractivity contribution in [2.24, 2.45) is 0 Å². The molecule has 6 heteroatoms. The van der Waals surface area contributed by atoms with E-state index in [0.29, 0.717) is 6.42 Å². The number of hydrogen-bond acceptors (Lipinski definition) is 5. The molecular formula is C20H36N2OS3. The monoisotopic (exact) mass is 416 g/mol. The van der Waals surface area contributed by atoms with Crippen molar-refractivity contribution in [3.05, 3.63) is 5.01 Å². The van der Waals surface area contributed by atoms with Gasteiger partial charge in [-0.2, -0.15) is 0 Å². The molecule has 0 N–H and O–H groups in total. The molecule has 1 heterocycles. The van der Waals surface area contributed by atoms with Crippen LogP contribution in [0.2, 0.25) is 0 Å². The van der Waals surface area contributed by atoms with Gasteiger partial charge in [0.2, 0.25) is 0 Å². The molecule has 0 atom stereocenters. The number of rotatable bonds is 18. The van der Waals surface area contributed by atoms with Gasteiger partial charge in [0.05, 0.1) is 0 Å². The zero-order valence-corrected chi connectivity index (χ0v) is 18.7. The number of aromatic nitrogens is 2. The summed E-state index contributed by atoms with van der Waals surface area (Å²) in [6, 6.07) is 0. The molecule has 0 aliphatic heterocycles. The first-order valence-corrected chi connectivity index (χ1v) is 12.1. The summed E-state index contributed by atoms with van der Waals surface area (Å²) in [7, 11) is 0. The molecule has 0 unspecified atom stereocenters. The van der Waals surface area contributed by atoms with Crippen molar-refractivity contribution in [2.75, 3.05) is 0 Å². The van der Waals surface area contributed by atoms with Crippen LogP contribution in [0.15, 0.2) is 4.34 Å². The standard InChI is InChI=1S/C20H36N2OS3/c23-19(24)17-15-13-11-9-7-5-3-1-2-4-6-8-10-12-14-16-18-21-22-20(25)26-18/h1-17H2,(H,22,25)(H,23,24). The Kier molecular flexibility index (Phi) is 15.7. The molecule has 0 bridgehead atoms. The van der Waals surface area contributed by atoms with E-state index in [1.165, 1.54) is 89.9 Å². The van der Waals surface area contributed by atoms with Crippen molar-refractivity contribution in [2.45, 2.75) is 113 Å². The predicted octanol–water partition coefficient (Wildman–Crippen LogP) is 7.07. The average Bonchev–Trinajstić information content (AvgIpc) is 3.02. The summed E-state index contributed by atoms with van der Waals surface area (Å²) in [4.78, 5) is 10.7. The largest absolute Gasteiger partial charge is 0.288 e. The normalized spacial score (nSPS) is 11.2. The van der Waals surface area contributed by atoms with E-state index in [-0.39, 0.29) is 5.12 Å². The van der Waals surface area contributed by atoms with Gasteiger partial charge in [0.15, 0.2) is 9.45 Å². The highest BCUT2D eigenvalue weighted by Gasteiger charge is 2.00. The van der Waals surface area contributed by atoms with E-state index >= 15 is 0 Å². The van der Waals surface area contributed by atoms with E-state index in [4.69, 9.17) is 0 Å². The predicted molar refractivity (Wildman–Crippen MR) is 119 cm³/mol. The highest BCUT2D eigenvalue weighted by molar-refractivity contribution is 7.96. The van der Waals surface area contributed by atoms with Gasteiger partial charge in [-0.15, -0.1) is 35.5 Å². The minimum absolute atomic E-state index is 0.0329. The summed E-state index contributed by atoms with van der Waals surface area (Å²) in [6.45, 7) is 0. The Balaban J connectivity index is 1.70. The Morgan fingerprint density at radius 2 is 1.12 bits per heavy atom. The van der Waals surface area contributed by atoms with Crippen molar-refractivity contribution in [1.29, 1.82) is 0 Å². The fourth-order valence-electron chi connectivity index (χ4n) is 3.20. The molecule has 0 saturated heterocycles. The van der Waals surface area contributed by atoms with Crippen LogP contribution in [0.1, 0.15) is 108 Å². The van der Waals surface area contributed by atoms with Gasteiger partial charge in [0, 0.05) is 12.8 Å². The lowest BCUT2D eigenvalue weighted by molar-refractivity contribution is -0.110. The van der Waals surface area contributed by atoms with Gasteiger partial charge in [0.25, 0.3) is 0 Å². The number of unbranched alkanes of at least 4 members (excludes halogenated alkanes) is 14. The van der Waals surface area contributed by atoms with Gasteiger partial charge in [-0.1, -0.05) is 94.8 Å². The average molecular weight is 417 g/mol. The molecule has 150 valence electrons. The van der Waals surface area contributed by atoms with Crippen LogP contribution in [0.3, 0.4) is 0 Å². The third-order valence-corrected chi connectivity index (χ3v) is 6.11. The highest BCUT2D eigenvalue weighted by atomic mass is 32.2. The van der Waals surface area contributed by atoms with Gasteiger partial charge in [-0.05, 0) is 12.8 Å². The van der Waals surface area contributed by atoms with Gasteiger partial charge < -0.3 is 0 Å². The summed E-state index contributed by atoms with van der Waals surface area (Å²) < 4.78 is 0.780. The van der Waals surface area contributed by atoms with E-state index in [9.17, 15) is 4.79 Å². The lowest BCUT2D eigenvalue weighted by Gasteiger charge is -2.03. The van der Waals surface area contributed by atoms with Crippen LogP contribution in [-0.4, -0.2) is 15.3 Å². The molecule has 0 amide bonds. The number of carbonyl (C=O) groups excluding carboxylic acids is 1. The molecule has 0 spiro atoms. The molecule has 0 radical (unpaired) electrons. The molecule has 0 fully saturated rings. The second-order valence-electron chi connectivity index (χ2n) is 7.18. The minimum Gasteiger partial charge on any atom is -0.288 e. The summed E-state index contributed by atoms with van der Waals surface area (Å²) in [6.07, 6.45) is 21.5. The van der Waals surface area contributed by atoms with Gasteiger partial charge in [-0.25, -0.2) is 0 Å². The van der Waals surface area contributed by atoms with E-state index in [2.05, 4.69) is 35.5 Å². The lowest BCUT2D eigenvalue weighted by atomic mass is 10.0. The minimum atomic E-state index is 0.0329. The van der Waals surface area contributed by atoms with Crippen molar-refractivity contribution >= 4 is 41.7 Å². The maximum Gasteiger partial charge on any atom is 0.185 e. The third kappa shape index (κ3) is 15.0. The Morgan fingerprint density at radius 1 is 0.692 bits per heavy atom. The van der Waals surface area contributed by atoms with Gasteiger partial charge >= 0.3 is 0 Å². The van der Waals surface area contributed by atoms with E-state index in [1.54, 1.807) is 11.3 Å². The lowest BCUT2D eigenvalue weighted by Crippen LogP contribution is -1.87. The Morgan fingerprint density at radius 3 is 1.50 bits per heavy atom. The first-order chi connectivity index (χ1) is 12.7. The zero-order chi connectivity index (χ0) is 18.9. The summed E-state index contributed by atoms with van der Waals surface area (Å²) in [5.41, 5.74) is 0. The molecule has 0 aliphatic carbocycles.